The second-order valence-corrected chi connectivity index (χ2v) is 7.50. The summed E-state index contributed by atoms with van der Waals surface area (Å²) in [6, 6.07) is 12.1. The smallest absolute Gasteiger partial charge is 0.313 e. The number of carbonyl (C=O) groups excluding carboxylic acids is 2. The lowest BCUT2D eigenvalue weighted by Gasteiger charge is -2.35. The highest BCUT2D eigenvalue weighted by Gasteiger charge is 2.24. The average Bonchev–Trinajstić information content (AvgIpc) is 2.76. The number of nitro benzene ring substituents is 1. The molecule has 9 nitrogen and oxygen atoms in total. The minimum atomic E-state index is -0.818. The molecule has 1 heterocycles. The van der Waals surface area contributed by atoms with E-state index in [1.807, 2.05) is 31.2 Å². The number of non-ortho nitro benzene ring substituents is 1. The first kappa shape index (κ1) is 22.4. The van der Waals surface area contributed by atoms with E-state index in [0.717, 1.165) is 24.2 Å². The Morgan fingerprint density at radius 1 is 1.10 bits per heavy atom. The number of nitro groups is 1. The van der Waals surface area contributed by atoms with Crippen LogP contribution in [0.3, 0.4) is 0 Å². The molecule has 31 heavy (non-hydrogen) atoms. The zero-order valence-corrected chi connectivity index (χ0v) is 17.6. The first-order valence-electron chi connectivity index (χ1n) is 10.1. The molecule has 1 aliphatic heterocycles. The van der Waals surface area contributed by atoms with Crippen LogP contribution in [0.25, 0.3) is 0 Å². The molecule has 1 fully saturated rings. The number of nitrogens with zero attached hydrogens (tertiary/aromatic N) is 2. The van der Waals surface area contributed by atoms with Crippen molar-refractivity contribution in [3.63, 3.8) is 0 Å². The number of morpholine rings is 1. The van der Waals surface area contributed by atoms with E-state index in [2.05, 4.69) is 15.5 Å². The van der Waals surface area contributed by atoms with Gasteiger partial charge < -0.3 is 15.4 Å². The van der Waals surface area contributed by atoms with Crippen molar-refractivity contribution >= 4 is 23.2 Å². The molecule has 9 heteroatoms. The second kappa shape index (κ2) is 10.1. The third-order valence-electron chi connectivity index (χ3n) is 5.28. The maximum absolute atomic E-state index is 12.4. The third-order valence-corrected chi connectivity index (χ3v) is 5.28. The normalized spacial score (nSPS) is 15.2. The van der Waals surface area contributed by atoms with Crippen molar-refractivity contribution in [2.75, 3.05) is 38.2 Å². The molecular formula is C22H26N4O5. The van der Waals surface area contributed by atoms with Crippen molar-refractivity contribution in [2.24, 2.45) is 0 Å². The minimum Gasteiger partial charge on any atom is -0.379 e. The van der Waals surface area contributed by atoms with Gasteiger partial charge in [-0.3, -0.25) is 24.6 Å². The molecule has 164 valence electrons. The van der Waals surface area contributed by atoms with E-state index in [0.29, 0.717) is 24.5 Å². The molecule has 2 N–H and O–H groups in total. The van der Waals surface area contributed by atoms with E-state index in [9.17, 15) is 19.7 Å². The average molecular weight is 426 g/mol. The van der Waals surface area contributed by atoms with Crippen LogP contribution in [0.2, 0.25) is 0 Å². The second-order valence-electron chi connectivity index (χ2n) is 7.50. The number of amides is 2. The van der Waals surface area contributed by atoms with Gasteiger partial charge in [0, 0.05) is 37.5 Å². The van der Waals surface area contributed by atoms with E-state index < -0.39 is 16.7 Å². The van der Waals surface area contributed by atoms with Crippen LogP contribution in [0.4, 0.5) is 11.4 Å². The molecule has 1 saturated heterocycles. The fourth-order valence-electron chi connectivity index (χ4n) is 3.49. The molecule has 2 amide bonds. The van der Waals surface area contributed by atoms with Crippen molar-refractivity contribution in [2.45, 2.75) is 19.9 Å². The van der Waals surface area contributed by atoms with Gasteiger partial charge in [0.1, 0.15) is 0 Å². The molecule has 0 aromatic heterocycles. The lowest BCUT2D eigenvalue weighted by atomic mass is 10.0. The molecule has 3 rings (SSSR count). The zero-order valence-electron chi connectivity index (χ0n) is 17.6. The van der Waals surface area contributed by atoms with Crippen LogP contribution in [-0.2, 0) is 14.3 Å². The first-order valence-corrected chi connectivity index (χ1v) is 10.1. The van der Waals surface area contributed by atoms with Crippen LogP contribution in [-0.4, -0.2) is 54.5 Å². The highest BCUT2D eigenvalue weighted by molar-refractivity contribution is 6.39. The van der Waals surface area contributed by atoms with Crippen molar-refractivity contribution in [1.29, 1.82) is 0 Å². The summed E-state index contributed by atoms with van der Waals surface area (Å²) < 4.78 is 5.43. The van der Waals surface area contributed by atoms with Crippen LogP contribution in [0, 0.1) is 24.0 Å². The summed E-state index contributed by atoms with van der Waals surface area (Å²) in [5, 5.41) is 16.1. The van der Waals surface area contributed by atoms with Crippen LogP contribution in [0.15, 0.2) is 42.5 Å². The molecule has 0 aliphatic carbocycles. The van der Waals surface area contributed by atoms with Crippen molar-refractivity contribution < 1.29 is 19.2 Å². The number of aryl methyl sites for hydroxylation is 2. The number of anilines is 1. The van der Waals surface area contributed by atoms with Crippen molar-refractivity contribution in [1.82, 2.24) is 10.2 Å². The molecule has 2 aromatic rings. The van der Waals surface area contributed by atoms with Gasteiger partial charge in [-0.25, -0.2) is 0 Å². The SMILES string of the molecule is Cc1ccc(C(CNC(=O)C(=O)Nc2ccc([N+](=O)[O-])cc2C)N2CCOCC2)cc1. The predicted molar refractivity (Wildman–Crippen MR) is 116 cm³/mol. The number of carbonyl (C=O) groups is 2. The van der Waals surface area contributed by atoms with Crippen molar-refractivity contribution in [3.05, 3.63) is 69.3 Å². The van der Waals surface area contributed by atoms with Gasteiger partial charge in [0.25, 0.3) is 5.69 Å². The largest absolute Gasteiger partial charge is 0.379 e. The lowest BCUT2D eigenvalue weighted by Crippen LogP contribution is -2.45. The quantitative estimate of drug-likeness (QED) is 0.416. The Morgan fingerprint density at radius 3 is 2.39 bits per heavy atom. The van der Waals surface area contributed by atoms with Gasteiger partial charge in [0.2, 0.25) is 0 Å². The van der Waals surface area contributed by atoms with E-state index in [1.165, 1.54) is 18.2 Å². The van der Waals surface area contributed by atoms with Gasteiger partial charge in [0.05, 0.1) is 24.2 Å². The fraction of sp³-hybridized carbons (Fsp3) is 0.364. The highest BCUT2D eigenvalue weighted by Crippen LogP contribution is 2.23. The third kappa shape index (κ3) is 5.87. The number of hydrogen-bond donors (Lipinski definition) is 2. The molecule has 2 aromatic carbocycles. The molecule has 0 saturated carbocycles. The summed E-state index contributed by atoms with van der Waals surface area (Å²) in [6.07, 6.45) is 0. The van der Waals surface area contributed by atoms with Gasteiger partial charge in [0.15, 0.2) is 0 Å². The lowest BCUT2D eigenvalue weighted by molar-refractivity contribution is -0.384. The van der Waals surface area contributed by atoms with E-state index in [4.69, 9.17) is 4.74 Å². The Kier molecular flexibility index (Phi) is 7.32. The minimum absolute atomic E-state index is 0.0774. The highest BCUT2D eigenvalue weighted by atomic mass is 16.6. The summed E-state index contributed by atoms with van der Waals surface area (Å²) in [6.45, 7) is 6.64. The maximum Gasteiger partial charge on any atom is 0.313 e. The Hall–Kier alpha value is -3.30. The topological polar surface area (TPSA) is 114 Å². The zero-order chi connectivity index (χ0) is 22.4. The van der Waals surface area contributed by atoms with Gasteiger partial charge in [-0.2, -0.15) is 0 Å². The van der Waals surface area contributed by atoms with Crippen LogP contribution < -0.4 is 10.6 Å². The number of benzene rings is 2. The van der Waals surface area contributed by atoms with Crippen LogP contribution in [0.5, 0.6) is 0 Å². The van der Waals surface area contributed by atoms with Crippen LogP contribution in [0.1, 0.15) is 22.7 Å². The summed E-state index contributed by atoms with van der Waals surface area (Å²) in [4.78, 5) is 37.4. The molecule has 0 radical (unpaired) electrons. The number of hydrogen-bond acceptors (Lipinski definition) is 6. The van der Waals surface area contributed by atoms with E-state index in [-0.39, 0.29) is 18.3 Å². The van der Waals surface area contributed by atoms with E-state index in [1.54, 1.807) is 6.92 Å². The Bertz CT molecular complexity index is 955. The van der Waals surface area contributed by atoms with Crippen molar-refractivity contribution in [3.8, 4) is 0 Å². The van der Waals surface area contributed by atoms with Gasteiger partial charge >= 0.3 is 11.8 Å². The number of nitrogens with one attached hydrogen (secondary N) is 2. The van der Waals surface area contributed by atoms with Crippen LogP contribution >= 0.6 is 0 Å². The van der Waals surface area contributed by atoms with E-state index >= 15 is 0 Å². The Labute approximate surface area is 180 Å². The monoisotopic (exact) mass is 426 g/mol. The molecule has 1 aliphatic rings. The standard InChI is InChI=1S/C22H26N4O5/c1-15-3-5-17(6-4-15)20(25-9-11-31-12-10-25)14-23-21(27)22(28)24-19-8-7-18(26(29)30)13-16(19)2/h3-8,13,20H,9-12,14H2,1-2H3,(H,23,27)(H,24,28). The summed E-state index contributed by atoms with van der Waals surface area (Å²) >= 11 is 0. The molecule has 1 atom stereocenters. The summed E-state index contributed by atoms with van der Waals surface area (Å²) in [5.74, 6) is -1.58. The molecule has 0 spiro atoms. The number of rotatable bonds is 6. The van der Waals surface area contributed by atoms with Gasteiger partial charge in [-0.1, -0.05) is 29.8 Å². The van der Waals surface area contributed by atoms with Gasteiger partial charge in [-0.15, -0.1) is 0 Å². The molecular weight excluding hydrogens is 400 g/mol. The number of ether oxygens (including phenoxy) is 1. The summed E-state index contributed by atoms with van der Waals surface area (Å²) in [7, 11) is 0. The Morgan fingerprint density at radius 2 is 1.77 bits per heavy atom. The molecule has 0 bridgehead atoms. The Balaban J connectivity index is 1.65. The predicted octanol–water partition coefficient (Wildman–Crippen LogP) is 2.34. The fourth-order valence-corrected chi connectivity index (χ4v) is 3.49. The summed E-state index contributed by atoms with van der Waals surface area (Å²) in [5.41, 5.74) is 2.98. The maximum atomic E-state index is 12.4. The first-order chi connectivity index (χ1) is 14.8. The van der Waals surface area contributed by atoms with Gasteiger partial charge in [-0.05, 0) is 31.0 Å². The molecule has 1 unspecified atom stereocenters.